The van der Waals surface area contributed by atoms with E-state index in [2.05, 4.69) is 15.3 Å². The Bertz CT molecular complexity index is 1130. The number of nitro groups is 1. The third-order valence-corrected chi connectivity index (χ3v) is 5.84. The molecule has 3 rings (SSSR count). The molecule has 2 N–H and O–H groups in total. The first kappa shape index (κ1) is 22.2. The van der Waals surface area contributed by atoms with Gasteiger partial charge in [0.15, 0.2) is 5.16 Å². The third-order valence-electron chi connectivity index (χ3n) is 4.86. The molecule has 0 unspecified atom stereocenters. The van der Waals surface area contributed by atoms with Crippen LogP contribution in [0.25, 0.3) is 6.08 Å². The Hall–Kier alpha value is -3.45. The number of nitriles is 1. The quantitative estimate of drug-likeness (QED) is 0.231. The normalized spacial score (nSPS) is 14.6. The predicted molar refractivity (Wildman–Crippen MR) is 115 cm³/mol. The molecular formula is C21H21N5O4S. The number of aryl methyl sites for hydroxylation is 1. The summed E-state index contributed by atoms with van der Waals surface area (Å²) in [6, 6.07) is 7.39. The van der Waals surface area contributed by atoms with Gasteiger partial charge in [-0.15, -0.1) is 0 Å². The average molecular weight is 439 g/mol. The maximum absolute atomic E-state index is 12.6. The number of aromatic amines is 1. The highest BCUT2D eigenvalue weighted by Gasteiger charge is 2.19. The van der Waals surface area contributed by atoms with Gasteiger partial charge in [-0.1, -0.05) is 31.0 Å². The average Bonchev–Trinajstić information content (AvgIpc) is 2.72. The van der Waals surface area contributed by atoms with Crippen LogP contribution in [0, 0.1) is 28.4 Å². The largest absolute Gasteiger partial charge is 0.349 e. The third kappa shape index (κ3) is 6.02. The molecule has 0 spiro atoms. The van der Waals surface area contributed by atoms with E-state index in [-0.39, 0.29) is 22.9 Å². The molecule has 1 aliphatic rings. The molecule has 2 aromatic rings. The summed E-state index contributed by atoms with van der Waals surface area (Å²) in [5.41, 5.74) is 0.206. The lowest BCUT2D eigenvalue weighted by Crippen LogP contribution is -2.36. The molecule has 9 nitrogen and oxygen atoms in total. The number of carbonyl (C=O) groups is 1. The number of carbonyl (C=O) groups excluding carboxylic acids is 1. The van der Waals surface area contributed by atoms with Gasteiger partial charge in [0.2, 0.25) is 0 Å². The Labute approximate surface area is 182 Å². The molecule has 1 heterocycles. The monoisotopic (exact) mass is 439 g/mol. The smallest absolute Gasteiger partial charge is 0.270 e. The zero-order chi connectivity index (χ0) is 22.4. The van der Waals surface area contributed by atoms with Crippen LogP contribution in [-0.4, -0.2) is 26.8 Å². The fourth-order valence-electron chi connectivity index (χ4n) is 3.37. The molecule has 0 aliphatic heterocycles. The van der Waals surface area contributed by atoms with Crippen LogP contribution in [0.2, 0.25) is 0 Å². The lowest BCUT2D eigenvalue weighted by molar-refractivity contribution is -0.384. The molecule has 1 saturated carbocycles. The lowest BCUT2D eigenvalue weighted by atomic mass is 9.95. The molecule has 1 amide bonds. The second-order valence-electron chi connectivity index (χ2n) is 7.25. The summed E-state index contributed by atoms with van der Waals surface area (Å²) in [4.78, 5) is 42.4. The fourth-order valence-corrected chi connectivity index (χ4v) is 4.29. The van der Waals surface area contributed by atoms with Crippen molar-refractivity contribution in [2.45, 2.75) is 55.1 Å². The number of hydrogen-bond donors (Lipinski definition) is 2. The molecule has 160 valence electrons. The van der Waals surface area contributed by atoms with Gasteiger partial charge in [0, 0.05) is 34.8 Å². The summed E-state index contributed by atoms with van der Waals surface area (Å²) < 4.78 is 0. The summed E-state index contributed by atoms with van der Waals surface area (Å²) in [5.74, 6) is -0.501. The van der Waals surface area contributed by atoms with Crippen molar-refractivity contribution < 1.29 is 9.72 Å². The van der Waals surface area contributed by atoms with Crippen molar-refractivity contribution in [2.24, 2.45) is 0 Å². The highest BCUT2D eigenvalue weighted by Crippen LogP contribution is 2.32. The minimum atomic E-state index is -0.549. The Morgan fingerprint density at radius 2 is 2.10 bits per heavy atom. The number of amides is 1. The van der Waals surface area contributed by atoms with Crippen LogP contribution < -0.4 is 10.9 Å². The van der Waals surface area contributed by atoms with E-state index in [9.17, 15) is 25.0 Å². The van der Waals surface area contributed by atoms with Crippen molar-refractivity contribution in [3.05, 3.63) is 61.6 Å². The van der Waals surface area contributed by atoms with Crippen molar-refractivity contribution in [3.8, 4) is 6.07 Å². The summed E-state index contributed by atoms with van der Waals surface area (Å²) >= 11 is 1.09. The Morgan fingerprint density at radius 1 is 1.35 bits per heavy atom. The Morgan fingerprint density at radius 3 is 2.74 bits per heavy atom. The van der Waals surface area contributed by atoms with Gasteiger partial charge in [0.05, 0.1) is 4.92 Å². The maximum atomic E-state index is 12.6. The van der Waals surface area contributed by atoms with E-state index in [1.807, 2.05) is 6.07 Å². The van der Waals surface area contributed by atoms with Crippen molar-refractivity contribution in [1.29, 1.82) is 5.26 Å². The van der Waals surface area contributed by atoms with Crippen LogP contribution in [-0.2, 0) is 4.79 Å². The first-order valence-electron chi connectivity index (χ1n) is 9.82. The zero-order valence-corrected chi connectivity index (χ0v) is 17.7. The zero-order valence-electron chi connectivity index (χ0n) is 16.9. The number of hydrogen-bond acceptors (Lipinski definition) is 7. The SMILES string of the molecule is Cc1cc(=O)[nH]c(Sc2ccc([N+](=O)[O-])cc2/C=C(\C#N)C(=O)NC2CCCCC2)n1. The number of benzene rings is 1. The number of nitrogens with one attached hydrogen (secondary N) is 2. The van der Waals surface area contributed by atoms with Crippen LogP contribution in [0.4, 0.5) is 5.69 Å². The van der Waals surface area contributed by atoms with Crippen LogP contribution in [0.5, 0.6) is 0 Å². The van der Waals surface area contributed by atoms with Gasteiger partial charge in [-0.05, 0) is 37.5 Å². The number of H-pyrrole nitrogens is 1. The van der Waals surface area contributed by atoms with Gasteiger partial charge in [-0.25, -0.2) is 4.98 Å². The van der Waals surface area contributed by atoms with Crippen LogP contribution >= 0.6 is 11.8 Å². The van der Waals surface area contributed by atoms with Gasteiger partial charge in [0.25, 0.3) is 17.2 Å². The molecular weight excluding hydrogens is 418 g/mol. The Kier molecular flexibility index (Phi) is 7.20. The van der Waals surface area contributed by atoms with Crippen LogP contribution in [0.3, 0.4) is 0 Å². The first-order valence-corrected chi connectivity index (χ1v) is 10.6. The van der Waals surface area contributed by atoms with Crippen molar-refractivity contribution in [2.75, 3.05) is 0 Å². The minimum absolute atomic E-state index is 0.0264. The number of rotatable bonds is 6. The lowest BCUT2D eigenvalue weighted by Gasteiger charge is -2.22. The second-order valence-corrected chi connectivity index (χ2v) is 8.28. The van der Waals surface area contributed by atoms with E-state index in [0.717, 1.165) is 43.9 Å². The standard InChI is InChI=1S/C21H21N5O4S/c1-13-9-19(27)25-21(23-13)31-18-8-7-17(26(29)30)11-14(18)10-15(12-22)20(28)24-16-5-3-2-4-6-16/h7-11,16H,2-6H2,1H3,(H,24,28)(H,23,25,27)/b15-10+. The van der Waals surface area contributed by atoms with Gasteiger partial charge < -0.3 is 10.3 Å². The van der Waals surface area contributed by atoms with E-state index in [1.165, 1.54) is 30.3 Å². The summed E-state index contributed by atoms with van der Waals surface area (Å²) in [6.07, 6.45) is 6.27. The van der Waals surface area contributed by atoms with E-state index in [4.69, 9.17) is 0 Å². The molecule has 10 heteroatoms. The van der Waals surface area contributed by atoms with Gasteiger partial charge in [0.1, 0.15) is 11.6 Å². The predicted octanol–water partition coefficient (Wildman–Crippen LogP) is 3.49. The van der Waals surface area contributed by atoms with Crippen LogP contribution in [0.15, 0.2) is 44.7 Å². The molecule has 1 fully saturated rings. The van der Waals surface area contributed by atoms with Crippen molar-refractivity contribution in [1.82, 2.24) is 15.3 Å². The van der Waals surface area contributed by atoms with E-state index < -0.39 is 10.8 Å². The molecule has 31 heavy (non-hydrogen) atoms. The highest BCUT2D eigenvalue weighted by molar-refractivity contribution is 7.99. The number of nitrogens with zero attached hydrogens (tertiary/aromatic N) is 3. The first-order chi connectivity index (χ1) is 14.9. The molecule has 0 atom stereocenters. The van der Waals surface area contributed by atoms with E-state index in [0.29, 0.717) is 21.3 Å². The van der Waals surface area contributed by atoms with E-state index >= 15 is 0 Å². The van der Waals surface area contributed by atoms with E-state index in [1.54, 1.807) is 6.92 Å². The van der Waals surface area contributed by atoms with Gasteiger partial charge in [-0.2, -0.15) is 5.26 Å². The molecule has 0 saturated heterocycles. The second kappa shape index (κ2) is 10.0. The molecule has 1 aromatic heterocycles. The molecule has 0 bridgehead atoms. The Balaban J connectivity index is 1.94. The topological polar surface area (TPSA) is 142 Å². The number of aromatic nitrogens is 2. The highest BCUT2D eigenvalue weighted by atomic mass is 32.2. The van der Waals surface area contributed by atoms with Crippen molar-refractivity contribution >= 4 is 29.4 Å². The maximum Gasteiger partial charge on any atom is 0.270 e. The molecule has 1 aromatic carbocycles. The molecule has 1 aliphatic carbocycles. The fraction of sp³-hybridized carbons (Fsp3) is 0.333. The number of nitro benzene ring substituents is 1. The van der Waals surface area contributed by atoms with Gasteiger partial charge >= 0.3 is 0 Å². The van der Waals surface area contributed by atoms with Gasteiger partial charge in [-0.3, -0.25) is 19.7 Å². The van der Waals surface area contributed by atoms with Crippen molar-refractivity contribution in [3.63, 3.8) is 0 Å². The van der Waals surface area contributed by atoms with Crippen LogP contribution in [0.1, 0.15) is 43.4 Å². The minimum Gasteiger partial charge on any atom is -0.349 e. The molecule has 0 radical (unpaired) electrons. The number of non-ortho nitro benzene ring substituents is 1. The summed E-state index contributed by atoms with van der Waals surface area (Å²) in [6.45, 7) is 1.68. The summed E-state index contributed by atoms with van der Waals surface area (Å²) in [5, 5.41) is 24.0. The summed E-state index contributed by atoms with van der Waals surface area (Å²) in [7, 11) is 0.